The van der Waals surface area contributed by atoms with Crippen molar-refractivity contribution >= 4 is 5.97 Å². The summed E-state index contributed by atoms with van der Waals surface area (Å²) in [6.45, 7) is 12.0. The molecule has 1 rings (SSSR count). The molecule has 0 aromatic heterocycles. The van der Waals surface area contributed by atoms with Crippen LogP contribution in [0.15, 0.2) is 12.1 Å². The molecule has 0 radical (unpaired) electrons. The molecule has 0 atom stereocenters. The number of carbonyl (C=O) groups excluding carboxylic acids is 1. The molecular formula is C15H22O2. The molecule has 17 heavy (non-hydrogen) atoms. The first-order valence-corrected chi connectivity index (χ1v) is 6.08. The van der Waals surface area contributed by atoms with Crippen LogP contribution in [-0.2, 0) is 10.2 Å². The van der Waals surface area contributed by atoms with E-state index in [1.54, 1.807) is 0 Å². The van der Waals surface area contributed by atoms with Crippen LogP contribution in [0, 0.1) is 13.8 Å². The van der Waals surface area contributed by atoms with Gasteiger partial charge in [0.25, 0.3) is 0 Å². The molecule has 1 aromatic rings. The first kappa shape index (κ1) is 13.8. The largest absolute Gasteiger partial charge is 0.426 e. The average Bonchev–Trinajstić information content (AvgIpc) is 2.14. The number of rotatable bonds is 3. The van der Waals surface area contributed by atoms with Crippen molar-refractivity contribution in [1.82, 2.24) is 0 Å². The Balaban J connectivity index is 3.40. The van der Waals surface area contributed by atoms with Gasteiger partial charge in [-0.2, -0.15) is 0 Å². The number of hydrogen-bond donors (Lipinski definition) is 0. The van der Waals surface area contributed by atoms with Gasteiger partial charge in [0.05, 0.1) is 0 Å². The third-order valence-corrected chi connectivity index (χ3v) is 3.26. The van der Waals surface area contributed by atoms with Crippen molar-refractivity contribution in [3.05, 3.63) is 28.8 Å². The van der Waals surface area contributed by atoms with E-state index in [0.717, 1.165) is 17.5 Å². The summed E-state index contributed by atoms with van der Waals surface area (Å²) in [6.07, 6.45) is 1.01. The summed E-state index contributed by atoms with van der Waals surface area (Å²) >= 11 is 0. The Bertz CT molecular complexity index is 431. The summed E-state index contributed by atoms with van der Waals surface area (Å²) < 4.78 is 5.36. The van der Waals surface area contributed by atoms with E-state index in [4.69, 9.17) is 4.74 Å². The van der Waals surface area contributed by atoms with Gasteiger partial charge in [-0.1, -0.05) is 26.8 Å². The first-order valence-electron chi connectivity index (χ1n) is 6.08. The fraction of sp³-hybridized carbons (Fsp3) is 0.533. The minimum Gasteiger partial charge on any atom is -0.426 e. The fourth-order valence-electron chi connectivity index (χ4n) is 2.21. The molecule has 2 heteroatoms. The molecule has 0 saturated carbocycles. The minimum absolute atomic E-state index is 0.0164. The van der Waals surface area contributed by atoms with Crippen molar-refractivity contribution in [2.75, 3.05) is 0 Å². The predicted octanol–water partition coefficient (Wildman–Crippen LogP) is 3.92. The highest BCUT2D eigenvalue weighted by atomic mass is 16.5. The van der Waals surface area contributed by atoms with E-state index in [2.05, 4.69) is 33.8 Å². The van der Waals surface area contributed by atoms with Gasteiger partial charge in [-0.3, -0.25) is 4.79 Å². The second kappa shape index (κ2) is 4.91. The Hall–Kier alpha value is -1.31. The van der Waals surface area contributed by atoms with Crippen molar-refractivity contribution in [2.45, 2.75) is 53.4 Å². The van der Waals surface area contributed by atoms with Crippen molar-refractivity contribution < 1.29 is 9.53 Å². The maximum atomic E-state index is 11.2. The number of aryl methyl sites for hydroxylation is 2. The van der Waals surface area contributed by atoms with Crippen LogP contribution in [0.5, 0.6) is 5.75 Å². The Kier molecular flexibility index (Phi) is 3.97. The molecule has 1 aromatic carbocycles. The monoisotopic (exact) mass is 234 g/mol. The Labute approximate surface area is 104 Å². The van der Waals surface area contributed by atoms with Crippen LogP contribution in [-0.4, -0.2) is 5.97 Å². The summed E-state index contributed by atoms with van der Waals surface area (Å²) in [4.78, 5) is 11.2. The number of esters is 1. The maximum Gasteiger partial charge on any atom is 0.308 e. The van der Waals surface area contributed by atoms with E-state index in [9.17, 15) is 4.79 Å². The van der Waals surface area contributed by atoms with Gasteiger partial charge >= 0.3 is 5.97 Å². The van der Waals surface area contributed by atoms with Crippen molar-refractivity contribution in [3.8, 4) is 5.75 Å². The molecule has 0 amide bonds. The molecule has 0 aliphatic rings. The van der Waals surface area contributed by atoms with Gasteiger partial charge in [-0.05, 0) is 42.9 Å². The van der Waals surface area contributed by atoms with Gasteiger partial charge in [0.2, 0.25) is 0 Å². The van der Waals surface area contributed by atoms with Crippen molar-refractivity contribution in [3.63, 3.8) is 0 Å². The molecule has 0 fully saturated rings. The lowest BCUT2D eigenvalue weighted by Gasteiger charge is -2.28. The number of ether oxygens (including phenoxy) is 1. The summed E-state index contributed by atoms with van der Waals surface area (Å²) in [5, 5.41) is 0. The molecule has 0 N–H and O–H groups in total. The smallest absolute Gasteiger partial charge is 0.308 e. The van der Waals surface area contributed by atoms with Crippen LogP contribution in [0.3, 0.4) is 0 Å². The van der Waals surface area contributed by atoms with Gasteiger partial charge in [-0.15, -0.1) is 0 Å². The van der Waals surface area contributed by atoms with E-state index >= 15 is 0 Å². The van der Waals surface area contributed by atoms with E-state index in [-0.39, 0.29) is 11.4 Å². The number of hydrogen-bond acceptors (Lipinski definition) is 2. The van der Waals surface area contributed by atoms with Crippen LogP contribution >= 0.6 is 0 Å². The zero-order valence-electron chi connectivity index (χ0n) is 11.7. The van der Waals surface area contributed by atoms with Crippen LogP contribution in [0.1, 0.15) is 50.8 Å². The molecule has 2 nitrogen and oxygen atoms in total. The summed E-state index contributed by atoms with van der Waals surface area (Å²) in [5.74, 6) is 0.449. The quantitative estimate of drug-likeness (QED) is 0.585. The fourth-order valence-corrected chi connectivity index (χ4v) is 2.21. The maximum absolute atomic E-state index is 11.2. The molecule has 0 unspecified atom stereocenters. The third kappa shape index (κ3) is 3.09. The van der Waals surface area contributed by atoms with Crippen LogP contribution in [0.25, 0.3) is 0 Å². The molecule has 0 bridgehead atoms. The van der Waals surface area contributed by atoms with E-state index < -0.39 is 0 Å². The second-order valence-corrected chi connectivity index (χ2v) is 5.29. The Morgan fingerprint density at radius 1 is 1.29 bits per heavy atom. The molecular weight excluding hydrogens is 212 g/mol. The zero-order valence-corrected chi connectivity index (χ0v) is 11.7. The first-order chi connectivity index (χ1) is 7.77. The van der Waals surface area contributed by atoms with Crippen LogP contribution < -0.4 is 4.74 Å². The van der Waals surface area contributed by atoms with Crippen LogP contribution in [0.2, 0.25) is 0 Å². The van der Waals surface area contributed by atoms with Crippen molar-refractivity contribution in [1.29, 1.82) is 0 Å². The molecule has 0 aliphatic carbocycles. The SMILES string of the molecule is CCC(C)(C)c1c(C)cc(C)cc1OC(C)=O. The summed E-state index contributed by atoms with van der Waals surface area (Å²) in [6, 6.07) is 4.08. The second-order valence-electron chi connectivity index (χ2n) is 5.29. The van der Waals surface area contributed by atoms with Gasteiger partial charge in [0.1, 0.15) is 5.75 Å². The number of benzene rings is 1. The highest BCUT2D eigenvalue weighted by Crippen LogP contribution is 2.37. The van der Waals surface area contributed by atoms with E-state index in [0.29, 0.717) is 5.75 Å². The van der Waals surface area contributed by atoms with E-state index in [1.807, 2.05) is 13.0 Å². The Morgan fingerprint density at radius 3 is 2.35 bits per heavy atom. The summed E-state index contributed by atoms with van der Waals surface area (Å²) in [5.41, 5.74) is 3.46. The minimum atomic E-state index is -0.261. The highest BCUT2D eigenvalue weighted by molar-refractivity contribution is 5.70. The predicted molar refractivity (Wildman–Crippen MR) is 70.5 cm³/mol. The van der Waals surface area contributed by atoms with Crippen molar-refractivity contribution in [2.24, 2.45) is 0 Å². The normalized spacial score (nSPS) is 11.4. The van der Waals surface area contributed by atoms with Gasteiger partial charge in [0, 0.05) is 12.5 Å². The topological polar surface area (TPSA) is 26.3 Å². The highest BCUT2D eigenvalue weighted by Gasteiger charge is 2.25. The summed E-state index contributed by atoms with van der Waals surface area (Å²) in [7, 11) is 0. The lowest BCUT2D eigenvalue weighted by atomic mass is 9.79. The lowest BCUT2D eigenvalue weighted by Crippen LogP contribution is -2.20. The average molecular weight is 234 g/mol. The molecule has 0 saturated heterocycles. The van der Waals surface area contributed by atoms with Gasteiger partial charge in [-0.25, -0.2) is 0 Å². The lowest BCUT2D eigenvalue weighted by molar-refractivity contribution is -0.131. The Morgan fingerprint density at radius 2 is 1.88 bits per heavy atom. The van der Waals surface area contributed by atoms with Crippen LogP contribution in [0.4, 0.5) is 0 Å². The van der Waals surface area contributed by atoms with E-state index in [1.165, 1.54) is 12.5 Å². The zero-order chi connectivity index (χ0) is 13.2. The van der Waals surface area contributed by atoms with Gasteiger partial charge in [0.15, 0.2) is 0 Å². The molecule has 0 heterocycles. The molecule has 0 spiro atoms. The molecule has 0 aliphatic heterocycles. The molecule has 94 valence electrons. The number of carbonyl (C=O) groups is 1. The third-order valence-electron chi connectivity index (χ3n) is 3.26. The standard InChI is InChI=1S/C15H22O2/c1-7-15(5,6)14-11(3)8-10(2)9-13(14)17-12(4)16/h8-9H,7H2,1-6H3. The van der Waals surface area contributed by atoms with Gasteiger partial charge < -0.3 is 4.74 Å².